The molecule has 0 spiro atoms. The quantitative estimate of drug-likeness (QED) is 0.340. The maximum atomic E-state index is 9.49. The first-order chi connectivity index (χ1) is 14.1. The van der Waals surface area contributed by atoms with E-state index < -0.39 is 11.6 Å². The lowest BCUT2D eigenvalue weighted by molar-refractivity contribution is 0.403. The number of rotatable bonds is 8. The average Bonchev–Trinajstić information content (AvgIpc) is 2.78. The Labute approximate surface area is 170 Å². The van der Waals surface area contributed by atoms with Crippen LogP contribution in [0.4, 0.5) is 0 Å². The molecule has 1 unspecified atom stereocenters. The van der Waals surface area contributed by atoms with Gasteiger partial charge in [-0.05, 0) is 52.9 Å². The fourth-order valence-corrected chi connectivity index (χ4v) is 3.56. The lowest BCUT2D eigenvalue weighted by atomic mass is 9.75. The van der Waals surface area contributed by atoms with Crippen molar-refractivity contribution in [2.24, 2.45) is 10.8 Å². The summed E-state index contributed by atoms with van der Waals surface area (Å²) in [6.45, 7) is 0. The molecule has 29 heavy (non-hydrogen) atoms. The summed E-state index contributed by atoms with van der Waals surface area (Å²) in [5.41, 5.74) is 17.8. The minimum absolute atomic E-state index is 0.498. The molecule has 1 atom stereocenters. The number of hydrogen-bond donors (Lipinski definition) is 1. The Bertz CT molecular complexity index is 919. The molecule has 3 aromatic rings. The van der Waals surface area contributed by atoms with Gasteiger partial charge in [0.15, 0.2) is 0 Å². The van der Waals surface area contributed by atoms with Crippen LogP contribution in [0, 0.1) is 0 Å². The van der Waals surface area contributed by atoms with E-state index in [-0.39, 0.29) is 0 Å². The van der Waals surface area contributed by atoms with Crippen LogP contribution in [-0.2, 0) is 12.0 Å². The van der Waals surface area contributed by atoms with E-state index in [1.54, 1.807) is 14.2 Å². The molecule has 0 fully saturated rings. The number of benzene rings is 3. The summed E-state index contributed by atoms with van der Waals surface area (Å²) in [6.07, 6.45) is 0.540. The normalized spacial score (nSPS) is 12.0. The molecule has 3 aromatic carbocycles. The second-order valence-corrected chi connectivity index (χ2v) is 6.71. The van der Waals surface area contributed by atoms with Gasteiger partial charge in [0, 0.05) is 11.0 Å². The van der Waals surface area contributed by atoms with Crippen LogP contribution in [0.3, 0.4) is 0 Å². The molecular formula is C23H24N4O2. The van der Waals surface area contributed by atoms with Gasteiger partial charge in [-0.1, -0.05) is 59.7 Å². The molecule has 0 heterocycles. The van der Waals surface area contributed by atoms with Gasteiger partial charge in [0.2, 0.25) is 0 Å². The molecule has 0 saturated heterocycles. The second kappa shape index (κ2) is 9.15. The highest BCUT2D eigenvalue weighted by atomic mass is 16.5. The summed E-state index contributed by atoms with van der Waals surface area (Å²) in [5.74, 6) is 1.44. The molecule has 0 bridgehead atoms. The lowest BCUT2D eigenvalue weighted by Gasteiger charge is -2.36. The maximum absolute atomic E-state index is 9.49. The van der Waals surface area contributed by atoms with Crippen molar-refractivity contribution in [2.75, 3.05) is 14.2 Å². The van der Waals surface area contributed by atoms with Crippen LogP contribution in [0.1, 0.15) is 16.7 Å². The van der Waals surface area contributed by atoms with Crippen LogP contribution < -0.4 is 15.2 Å². The Kier molecular flexibility index (Phi) is 6.39. The van der Waals surface area contributed by atoms with Crippen LogP contribution >= 0.6 is 0 Å². The monoisotopic (exact) mass is 388 g/mol. The van der Waals surface area contributed by atoms with Crippen molar-refractivity contribution in [1.29, 1.82) is 0 Å². The summed E-state index contributed by atoms with van der Waals surface area (Å²) < 4.78 is 10.6. The van der Waals surface area contributed by atoms with Crippen LogP contribution in [0.25, 0.3) is 10.4 Å². The molecule has 0 aliphatic carbocycles. The van der Waals surface area contributed by atoms with Crippen molar-refractivity contribution in [2.45, 2.75) is 18.0 Å². The minimum atomic E-state index is -1.09. The highest BCUT2D eigenvalue weighted by molar-refractivity contribution is 5.45. The van der Waals surface area contributed by atoms with Crippen molar-refractivity contribution >= 4 is 0 Å². The summed E-state index contributed by atoms with van der Waals surface area (Å²) in [6, 6.07) is 24.4. The summed E-state index contributed by atoms with van der Waals surface area (Å²) in [5, 5.41) is 4.28. The molecule has 0 aromatic heterocycles. The van der Waals surface area contributed by atoms with Crippen molar-refractivity contribution in [3.8, 4) is 11.5 Å². The Morgan fingerprint density at radius 3 is 1.76 bits per heavy atom. The molecule has 3 rings (SSSR count). The molecule has 0 aliphatic heterocycles. The Morgan fingerprint density at radius 2 is 1.34 bits per heavy atom. The maximum Gasteiger partial charge on any atom is 0.118 e. The molecule has 0 saturated carbocycles. The lowest BCUT2D eigenvalue weighted by Crippen LogP contribution is -2.46. The number of nitrogens with zero attached hydrogens (tertiary/aromatic N) is 3. The highest BCUT2D eigenvalue weighted by Gasteiger charge is 2.40. The third kappa shape index (κ3) is 4.19. The summed E-state index contributed by atoms with van der Waals surface area (Å²) in [7, 11) is 3.22. The van der Waals surface area contributed by atoms with Crippen molar-refractivity contribution < 1.29 is 9.47 Å². The van der Waals surface area contributed by atoms with Crippen molar-refractivity contribution in [3.05, 3.63) is 106 Å². The number of ether oxygens (including phenoxy) is 2. The fraction of sp³-hybridized carbons (Fsp3) is 0.217. The largest absolute Gasteiger partial charge is 0.497 e. The van der Waals surface area contributed by atoms with E-state index in [1.165, 1.54) is 0 Å². The number of azide groups is 1. The van der Waals surface area contributed by atoms with Gasteiger partial charge in [0.05, 0.1) is 14.2 Å². The highest BCUT2D eigenvalue weighted by Crippen LogP contribution is 2.39. The van der Waals surface area contributed by atoms with Gasteiger partial charge in [-0.25, -0.2) is 0 Å². The Balaban J connectivity index is 2.16. The van der Waals surface area contributed by atoms with Crippen molar-refractivity contribution in [3.63, 3.8) is 0 Å². The number of nitrogens with two attached hydrogens (primary N) is 1. The predicted molar refractivity (Wildman–Crippen MR) is 114 cm³/mol. The molecule has 148 valence electrons. The first kappa shape index (κ1) is 20.3. The van der Waals surface area contributed by atoms with Gasteiger partial charge in [0.25, 0.3) is 0 Å². The van der Waals surface area contributed by atoms with Crippen LogP contribution in [-0.4, -0.2) is 20.3 Å². The van der Waals surface area contributed by atoms with Crippen molar-refractivity contribution in [1.82, 2.24) is 0 Å². The average molecular weight is 388 g/mol. The predicted octanol–water partition coefficient (Wildman–Crippen LogP) is 4.83. The van der Waals surface area contributed by atoms with E-state index in [9.17, 15) is 5.53 Å². The number of hydrogen-bond acceptors (Lipinski definition) is 4. The molecule has 0 radical (unpaired) electrons. The van der Waals surface area contributed by atoms with Crippen LogP contribution in [0.5, 0.6) is 11.5 Å². The van der Waals surface area contributed by atoms with Gasteiger partial charge < -0.3 is 15.2 Å². The van der Waals surface area contributed by atoms with Gasteiger partial charge in [-0.3, -0.25) is 0 Å². The zero-order valence-corrected chi connectivity index (χ0v) is 16.5. The van der Waals surface area contributed by atoms with E-state index >= 15 is 0 Å². The molecule has 6 nitrogen and oxygen atoms in total. The van der Waals surface area contributed by atoms with E-state index in [0.717, 1.165) is 28.2 Å². The van der Waals surface area contributed by atoms with E-state index in [1.807, 2.05) is 78.9 Å². The third-order valence-electron chi connectivity index (χ3n) is 5.10. The number of methoxy groups -OCH3 is 2. The Morgan fingerprint density at radius 1 is 0.862 bits per heavy atom. The smallest absolute Gasteiger partial charge is 0.118 e. The SMILES string of the molecule is COc1ccc(C(N=[N+]=[N-])(c2ccc(OC)cc2)C(N)Cc2ccccc2)cc1. The zero-order chi connectivity index (χ0) is 20.7. The molecule has 0 amide bonds. The molecule has 0 aliphatic rings. The third-order valence-corrected chi connectivity index (χ3v) is 5.10. The summed E-state index contributed by atoms with van der Waals surface area (Å²) in [4.78, 5) is 3.19. The standard InChI is InChI=1S/C23H24N4O2/c1-28-20-12-8-18(9-13-20)23(26-27-25,19-10-14-21(29-2)15-11-19)22(24)16-17-6-4-3-5-7-17/h3-15,22H,16,24H2,1-2H3. The topological polar surface area (TPSA) is 93.2 Å². The van der Waals surface area contributed by atoms with E-state index in [2.05, 4.69) is 10.0 Å². The van der Waals surface area contributed by atoms with Crippen LogP contribution in [0.15, 0.2) is 84.0 Å². The van der Waals surface area contributed by atoms with Gasteiger partial charge in [-0.2, -0.15) is 0 Å². The van der Waals surface area contributed by atoms with Crippen LogP contribution in [0.2, 0.25) is 0 Å². The van der Waals surface area contributed by atoms with Gasteiger partial charge in [-0.15, -0.1) is 0 Å². The van der Waals surface area contributed by atoms with E-state index in [0.29, 0.717) is 6.42 Å². The molecule has 2 N–H and O–H groups in total. The van der Waals surface area contributed by atoms with Gasteiger partial charge in [0.1, 0.15) is 17.0 Å². The summed E-state index contributed by atoms with van der Waals surface area (Å²) >= 11 is 0. The molecular weight excluding hydrogens is 364 g/mol. The van der Waals surface area contributed by atoms with E-state index in [4.69, 9.17) is 15.2 Å². The first-order valence-electron chi connectivity index (χ1n) is 9.29. The Hall–Kier alpha value is -3.47. The zero-order valence-electron chi connectivity index (χ0n) is 16.5. The second-order valence-electron chi connectivity index (χ2n) is 6.71. The first-order valence-corrected chi connectivity index (χ1v) is 9.29. The molecule has 6 heteroatoms. The fourth-order valence-electron chi connectivity index (χ4n) is 3.56. The van der Waals surface area contributed by atoms with Gasteiger partial charge >= 0.3 is 0 Å². The minimum Gasteiger partial charge on any atom is -0.497 e.